The van der Waals surface area contributed by atoms with Gasteiger partial charge in [-0.05, 0) is 0 Å². The van der Waals surface area contributed by atoms with Crippen LogP contribution in [0.5, 0.6) is 0 Å². The van der Waals surface area contributed by atoms with Gasteiger partial charge in [0.1, 0.15) is 0 Å². The zero-order valence-electron chi connectivity index (χ0n) is 5.09. The topological polar surface area (TPSA) is 23.8 Å². The molecular weight excluding hydrogens is 166 g/mol. The third-order valence-corrected chi connectivity index (χ3v) is 0. The second kappa shape index (κ2) is 5.35. The van der Waals surface area contributed by atoms with E-state index in [0.717, 1.165) is 0 Å². The first-order valence-corrected chi connectivity index (χ1v) is 1.75. The normalized spacial score (nSPS) is 8.57. The summed E-state index contributed by atoms with van der Waals surface area (Å²) in [5, 5.41) is 0. The number of hydrogen-bond donors (Lipinski definition) is 0. The van der Waals surface area contributed by atoms with Crippen molar-refractivity contribution in [1.82, 2.24) is 0 Å². The second-order valence-corrected chi connectivity index (χ2v) is 2.25. The molecule has 0 spiro atoms. The van der Waals surface area contributed by atoms with E-state index in [-0.39, 0.29) is 45.6 Å². The summed E-state index contributed by atoms with van der Waals surface area (Å²) in [6, 6.07) is 0. The summed E-state index contributed by atoms with van der Waals surface area (Å²) in [5.74, 6) is 0. The molecule has 0 bridgehead atoms. The summed E-state index contributed by atoms with van der Waals surface area (Å²) >= 11 is 0. The molecule has 0 saturated heterocycles. The Labute approximate surface area is 72.0 Å². The van der Waals surface area contributed by atoms with Gasteiger partial charge in [0.15, 0.2) is 0 Å². The van der Waals surface area contributed by atoms with E-state index in [4.69, 9.17) is 5.73 Å². The minimum absolute atomic E-state index is 0. The van der Waals surface area contributed by atoms with Crippen LogP contribution in [0.2, 0.25) is 0 Å². The van der Waals surface area contributed by atoms with E-state index >= 15 is 0 Å². The first-order chi connectivity index (χ1) is 2.00. The van der Waals surface area contributed by atoms with Crippen LogP contribution in [-0.4, -0.2) is 28.6 Å². The van der Waals surface area contributed by atoms with Crippen LogP contribution in [0.3, 0.4) is 0 Å². The summed E-state index contributed by atoms with van der Waals surface area (Å²) in [6.45, 7) is 5.56. The van der Waals surface area contributed by atoms with Crippen LogP contribution >= 0.6 is 0 Å². The zero-order chi connectivity index (χ0) is 4.50. The molecule has 0 fully saturated rings. The van der Waals surface area contributed by atoms with Gasteiger partial charge in [-0.3, -0.25) is 0 Å². The Morgan fingerprint density at radius 1 is 1.14 bits per heavy atom. The number of hydrogen-bond acceptors (Lipinski definition) is 0. The Bertz CT molecular complexity index is 27.2. The predicted molar refractivity (Wildman–Crippen MR) is 29.8 cm³/mol. The molecule has 0 aromatic carbocycles. The Morgan fingerprint density at radius 2 is 1.14 bits per heavy atom. The molecule has 1 N–H and O–H groups in total. The summed E-state index contributed by atoms with van der Waals surface area (Å²) in [4.78, 5) is 0. The largest absolute Gasteiger partial charge is 2.00 e. The monoisotopic (exact) mass is 175 g/mol. The molecular formula is C4H10BrMgN. The fourth-order valence-corrected chi connectivity index (χ4v) is 0. The average molecular weight is 176 g/mol. The van der Waals surface area contributed by atoms with Crippen molar-refractivity contribution in [2.24, 2.45) is 0 Å². The van der Waals surface area contributed by atoms with Crippen molar-refractivity contribution in [3.8, 4) is 0 Å². The van der Waals surface area contributed by atoms with E-state index in [9.17, 15) is 0 Å². The van der Waals surface area contributed by atoms with Gasteiger partial charge >= 0.3 is 23.1 Å². The molecule has 0 aliphatic carbocycles. The minimum atomic E-state index is -0.250. The Kier molecular flexibility index (Phi) is 12.0. The van der Waals surface area contributed by atoms with Gasteiger partial charge < -0.3 is 22.7 Å². The third-order valence-electron chi connectivity index (χ3n) is 0. The maximum absolute atomic E-state index is 6.94. The van der Waals surface area contributed by atoms with Gasteiger partial charge in [-0.25, -0.2) is 0 Å². The van der Waals surface area contributed by atoms with Gasteiger partial charge in [0, 0.05) is 0 Å². The zero-order valence-corrected chi connectivity index (χ0v) is 8.09. The van der Waals surface area contributed by atoms with Gasteiger partial charge in [-0.1, -0.05) is 20.8 Å². The molecule has 0 saturated carbocycles. The molecule has 1 nitrogen and oxygen atoms in total. The van der Waals surface area contributed by atoms with Crippen LogP contribution < -0.4 is 17.0 Å². The third kappa shape index (κ3) is 134. The van der Waals surface area contributed by atoms with Crippen LogP contribution in [-0.2, 0) is 0 Å². The molecule has 0 aromatic heterocycles. The maximum Gasteiger partial charge on any atom is 2.00 e. The van der Waals surface area contributed by atoms with Crippen LogP contribution in [0.1, 0.15) is 20.8 Å². The van der Waals surface area contributed by atoms with Gasteiger partial charge in [0.05, 0.1) is 0 Å². The fourth-order valence-electron chi connectivity index (χ4n) is 0. The summed E-state index contributed by atoms with van der Waals surface area (Å²) in [6.07, 6.45) is 0. The second-order valence-electron chi connectivity index (χ2n) is 2.25. The predicted octanol–water partition coefficient (Wildman–Crippen LogP) is -1.54. The standard InChI is InChI=1S/C4H10N.BrH.Mg/c1-4(2,3)5;;/h5H,1-3H3;1H;/q-1;;+2/p-1. The number of halogens is 1. The van der Waals surface area contributed by atoms with E-state index in [2.05, 4.69) is 0 Å². The first kappa shape index (κ1) is 15.7. The molecule has 0 aliphatic heterocycles. The fraction of sp³-hybridized carbons (Fsp3) is 1.00. The molecule has 40 valence electrons. The smallest absolute Gasteiger partial charge is 1.00 e. The van der Waals surface area contributed by atoms with E-state index in [0.29, 0.717) is 0 Å². The van der Waals surface area contributed by atoms with Crippen molar-refractivity contribution in [3.63, 3.8) is 0 Å². The summed E-state index contributed by atoms with van der Waals surface area (Å²) in [7, 11) is 0. The van der Waals surface area contributed by atoms with Gasteiger partial charge in [0.2, 0.25) is 0 Å². The molecule has 3 heteroatoms. The SMILES string of the molecule is CC(C)(C)[NH-].[Br-].[Mg+2]. The summed E-state index contributed by atoms with van der Waals surface area (Å²) < 4.78 is 0. The van der Waals surface area contributed by atoms with Crippen LogP contribution in [0.4, 0.5) is 0 Å². The Hall–Kier alpha value is 1.21. The van der Waals surface area contributed by atoms with Gasteiger partial charge in [0.25, 0.3) is 0 Å². The van der Waals surface area contributed by atoms with E-state index < -0.39 is 0 Å². The van der Waals surface area contributed by atoms with E-state index in [1.54, 1.807) is 0 Å². The van der Waals surface area contributed by atoms with Crippen LogP contribution in [0.15, 0.2) is 0 Å². The molecule has 0 aromatic rings. The van der Waals surface area contributed by atoms with Crippen molar-refractivity contribution >= 4 is 23.1 Å². The first-order valence-electron chi connectivity index (χ1n) is 1.75. The van der Waals surface area contributed by atoms with Crippen molar-refractivity contribution < 1.29 is 17.0 Å². The van der Waals surface area contributed by atoms with Gasteiger partial charge in [-0.2, -0.15) is 0 Å². The Balaban J connectivity index is -0.0000000800. The molecule has 0 amide bonds. The van der Waals surface area contributed by atoms with Crippen molar-refractivity contribution in [2.45, 2.75) is 26.3 Å². The molecule has 0 rings (SSSR count). The number of nitrogens with one attached hydrogen (secondary N) is 1. The molecule has 0 unspecified atom stereocenters. The van der Waals surface area contributed by atoms with E-state index in [1.807, 2.05) is 20.8 Å². The summed E-state index contributed by atoms with van der Waals surface area (Å²) in [5.41, 5.74) is 6.69. The quantitative estimate of drug-likeness (QED) is 0.400. The molecule has 0 radical (unpaired) electrons. The van der Waals surface area contributed by atoms with Crippen LogP contribution in [0, 0.1) is 0 Å². The van der Waals surface area contributed by atoms with E-state index in [1.165, 1.54) is 0 Å². The average Bonchev–Trinajstić information content (AvgIpc) is 0.722. The molecule has 0 heterocycles. The maximum atomic E-state index is 6.94. The van der Waals surface area contributed by atoms with Crippen molar-refractivity contribution in [3.05, 3.63) is 5.73 Å². The molecule has 0 atom stereocenters. The Morgan fingerprint density at radius 3 is 1.14 bits per heavy atom. The van der Waals surface area contributed by atoms with Crippen molar-refractivity contribution in [1.29, 1.82) is 0 Å². The van der Waals surface area contributed by atoms with Gasteiger partial charge in [-0.15, -0.1) is 5.54 Å². The van der Waals surface area contributed by atoms with Crippen LogP contribution in [0.25, 0.3) is 5.73 Å². The molecule has 7 heavy (non-hydrogen) atoms. The molecule has 0 aliphatic rings. The number of rotatable bonds is 0. The minimum Gasteiger partial charge on any atom is -1.00 e. The van der Waals surface area contributed by atoms with Crippen molar-refractivity contribution in [2.75, 3.05) is 0 Å².